The van der Waals surface area contributed by atoms with Gasteiger partial charge in [0.05, 0.1) is 5.69 Å². The number of amides is 4. The minimum absolute atomic E-state index is 0.0328. The van der Waals surface area contributed by atoms with Crippen molar-refractivity contribution in [2.75, 3.05) is 10.2 Å². The number of thioether (sulfide) groups is 1. The maximum absolute atomic E-state index is 13.2. The molecule has 0 bridgehead atoms. The highest BCUT2D eigenvalue weighted by molar-refractivity contribution is 8.00. The molecule has 12 heteroatoms. The molecule has 1 N–H and O–H groups in total. The number of benzene rings is 1. The third-order valence-corrected chi connectivity index (χ3v) is 6.20. The van der Waals surface area contributed by atoms with Crippen molar-refractivity contribution in [3.63, 3.8) is 0 Å². The molecule has 1 aromatic carbocycles. The Labute approximate surface area is 208 Å². The zero-order valence-electron chi connectivity index (χ0n) is 19.1. The van der Waals surface area contributed by atoms with Crippen molar-refractivity contribution >= 4 is 41.1 Å². The van der Waals surface area contributed by atoms with E-state index in [4.69, 9.17) is 0 Å². The smallest absolute Gasteiger partial charge is 0.305 e. The van der Waals surface area contributed by atoms with Crippen LogP contribution in [-0.2, 0) is 11.3 Å². The molecule has 186 valence electrons. The van der Waals surface area contributed by atoms with Gasteiger partial charge >= 0.3 is 11.5 Å². The van der Waals surface area contributed by atoms with Gasteiger partial charge in [-0.05, 0) is 79.7 Å². The predicted octanol–water partition coefficient (Wildman–Crippen LogP) is 5.09. The minimum Gasteiger partial charge on any atom is -0.305 e. The van der Waals surface area contributed by atoms with Gasteiger partial charge in [-0.1, -0.05) is 6.07 Å². The fourth-order valence-corrected chi connectivity index (χ4v) is 4.17. The Morgan fingerprint density at radius 2 is 1.75 bits per heavy atom. The third kappa shape index (κ3) is 5.33. The second kappa shape index (κ2) is 9.61. The number of hydrogen-bond donors (Lipinski definition) is 1. The molecule has 0 saturated carbocycles. The Morgan fingerprint density at radius 3 is 2.39 bits per heavy atom. The first-order valence-corrected chi connectivity index (χ1v) is 11.5. The van der Waals surface area contributed by atoms with E-state index in [2.05, 4.69) is 15.3 Å². The fraction of sp³-hybridized carbons (Fsp3) is 0.208. The molecule has 8 nitrogen and oxygen atoms in total. The Balaban J connectivity index is 1.52. The summed E-state index contributed by atoms with van der Waals surface area (Å²) < 4.78 is 37.9. The van der Waals surface area contributed by atoms with Crippen LogP contribution in [0.1, 0.15) is 29.9 Å². The summed E-state index contributed by atoms with van der Waals surface area (Å²) in [6.07, 6.45) is 2.96. The van der Waals surface area contributed by atoms with Crippen molar-refractivity contribution in [3.8, 4) is 0 Å². The van der Waals surface area contributed by atoms with E-state index in [1.54, 1.807) is 44.2 Å². The molecule has 1 saturated heterocycles. The van der Waals surface area contributed by atoms with Gasteiger partial charge in [-0.3, -0.25) is 14.6 Å². The number of rotatable bonds is 6. The van der Waals surface area contributed by atoms with Crippen LogP contribution < -0.4 is 10.2 Å². The summed E-state index contributed by atoms with van der Waals surface area (Å²) in [7, 11) is 0. The van der Waals surface area contributed by atoms with Crippen molar-refractivity contribution in [2.24, 2.45) is 0 Å². The molecule has 1 aliphatic rings. The van der Waals surface area contributed by atoms with Crippen molar-refractivity contribution in [3.05, 3.63) is 78.2 Å². The molecule has 4 rings (SSSR count). The maximum Gasteiger partial charge on any atom is 0.446 e. The van der Waals surface area contributed by atoms with Crippen molar-refractivity contribution in [1.82, 2.24) is 14.9 Å². The first kappa shape index (κ1) is 25.2. The van der Waals surface area contributed by atoms with Crippen LogP contribution in [0.25, 0.3) is 0 Å². The van der Waals surface area contributed by atoms with Gasteiger partial charge in [-0.2, -0.15) is 13.2 Å². The van der Waals surface area contributed by atoms with E-state index in [9.17, 15) is 27.6 Å². The summed E-state index contributed by atoms with van der Waals surface area (Å²) in [5.41, 5.74) is -4.68. The van der Waals surface area contributed by atoms with Gasteiger partial charge in [-0.15, -0.1) is 0 Å². The number of aromatic nitrogens is 2. The molecule has 0 atom stereocenters. The highest BCUT2D eigenvalue weighted by Crippen LogP contribution is 2.39. The Kier molecular flexibility index (Phi) is 6.72. The van der Waals surface area contributed by atoms with Crippen LogP contribution in [0.15, 0.2) is 71.9 Å². The van der Waals surface area contributed by atoms with Crippen LogP contribution in [0.2, 0.25) is 0 Å². The molecule has 0 unspecified atom stereocenters. The van der Waals surface area contributed by atoms with E-state index in [0.29, 0.717) is 5.56 Å². The van der Waals surface area contributed by atoms with E-state index in [0.717, 1.165) is 4.90 Å². The van der Waals surface area contributed by atoms with Crippen molar-refractivity contribution in [1.29, 1.82) is 0 Å². The van der Waals surface area contributed by atoms with Gasteiger partial charge in [0, 0.05) is 23.8 Å². The van der Waals surface area contributed by atoms with Crippen LogP contribution in [0, 0.1) is 0 Å². The zero-order valence-corrected chi connectivity index (χ0v) is 19.9. The summed E-state index contributed by atoms with van der Waals surface area (Å²) in [5.74, 6) is -0.721. The number of nitrogens with zero attached hydrogens (tertiary/aromatic N) is 4. The van der Waals surface area contributed by atoms with Gasteiger partial charge in [0.25, 0.3) is 11.8 Å². The lowest BCUT2D eigenvalue weighted by Gasteiger charge is -2.27. The first-order valence-electron chi connectivity index (χ1n) is 10.6. The summed E-state index contributed by atoms with van der Waals surface area (Å²) in [6, 6.07) is 12.6. The van der Waals surface area contributed by atoms with Crippen LogP contribution in [0.3, 0.4) is 0 Å². The monoisotopic (exact) mass is 515 g/mol. The number of alkyl halides is 3. The van der Waals surface area contributed by atoms with Crippen LogP contribution in [-0.4, -0.2) is 43.8 Å². The zero-order chi connectivity index (χ0) is 26.1. The number of anilines is 2. The fourth-order valence-electron chi connectivity index (χ4n) is 3.63. The Hall–Kier alpha value is -3.93. The standard InChI is InChI=1S/C24H20F3N5O3S/c1-23(2)21(34)32(16-6-8-17(9-7-16)36-24(25,26)27)22(35)31(23)14-15-10-12-29-19(13-15)30-20(33)18-5-3-4-11-28-18/h3-13H,14H2,1-2H3,(H,29,30,33). The molecule has 0 radical (unpaired) electrons. The van der Waals surface area contributed by atoms with E-state index < -0.39 is 28.9 Å². The minimum atomic E-state index is -4.44. The average molecular weight is 516 g/mol. The molecule has 1 aliphatic heterocycles. The van der Waals surface area contributed by atoms with E-state index in [1.165, 1.54) is 41.6 Å². The van der Waals surface area contributed by atoms with Crippen molar-refractivity contribution in [2.45, 2.75) is 36.3 Å². The molecule has 36 heavy (non-hydrogen) atoms. The molecule has 0 aliphatic carbocycles. The molecular formula is C24H20F3N5O3S. The molecule has 3 heterocycles. The summed E-state index contributed by atoms with van der Waals surface area (Å²) >= 11 is -0.279. The van der Waals surface area contributed by atoms with E-state index >= 15 is 0 Å². The quantitative estimate of drug-likeness (QED) is 0.363. The normalized spacial score (nSPS) is 15.4. The molecule has 1 fully saturated rings. The molecule has 3 aromatic rings. The summed E-state index contributed by atoms with van der Waals surface area (Å²) in [5, 5.41) is 2.64. The SMILES string of the molecule is CC1(C)C(=O)N(c2ccc(SC(F)(F)F)cc2)C(=O)N1Cc1ccnc(NC(=O)c2ccccn2)c1. The highest BCUT2D eigenvalue weighted by atomic mass is 32.2. The second-order valence-corrected chi connectivity index (χ2v) is 9.47. The number of urea groups is 1. The number of nitrogens with one attached hydrogen (secondary N) is 1. The lowest BCUT2D eigenvalue weighted by molar-refractivity contribution is -0.123. The number of carbonyl (C=O) groups excluding carboxylic acids is 3. The summed E-state index contributed by atoms with van der Waals surface area (Å²) in [6.45, 7) is 3.21. The van der Waals surface area contributed by atoms with Crippen LogP contribution in [0.5, 0.6) is 0 Å². The lowest BCUT2D eigenvalue weighted by Crippen LogP contribution is -2.43. The maximum atomic E-state index is 13.2. The topological polar surface area (TPSA) is 95.5 Å². The predicted molar refractivity (Wildman–Crippen MR) is 127 cm³/mol. The second-order valence-electron chi connectivity index (χ2n) is 8.33. The van der Waals surface area contributed by atoms with Gasteiger partial charge in [-0.25, -0.2) is 14.7 Å². The van der Waals surface area contributed by atoms with E-state index in [1.807, 2.05) is 0 Å². The van der Waals surface area contributed by atoms with Gasteiger partial charge in [0.2, 0.25) is 0 Å². The Bertz CT molecular complexity index is 1300. The number of carbonyl (C=O) groups is 3. The Morgan fingerprint density at radius 1 is 1.03 bits per heavy atom. The molecule has 2 aromatic heterocycles. The van der Waals surface area contributed by atoms with E-state index in [-0.39, 0.29) is 40.4 Å². The first-order chi connectivity index (χ1) is 17.0. The summed E-state index contributed by atoms with van der Waals surface area (Å²) in [4.78, 5) is 49.1. The van der Waals surface area contributed by atoms with Gasteiger partial charge in [0.1, 0.15) is 17.1 Å². The van der Waals surface area contributed by atoms with Crippen LogP contribution >= 0.6 is 11.8 Å². The molecule has 0 spiro atoms. The van der Waals surface area contributed by atoms with Crippen LogP contribution in [0.4, 0.5) is 29.5 Å². The van der Waals surface area contributed by atoms with Crippen molar-refractivity contribution < 1.29 is 27.6 Å². The van der Waals surface area contributed by atoms with Gasteiger partial charge < -0.3 is 10.2 Å². The third-order valence-electron chi connectivity index (χ3n) is 5.46. The molecular weight excluding hydrogens is 495 g/mol. The van der Waals surface area contributed by atoms with Gasteiger partial charge in [0.15, 0.2) is 0 Å². The number of halogens is 3. The number of pyridine rings is 2. The number of hydrogen-bond acceptors (Lipinski definition) is 6. The molecule has 4 amide bonds. The number of imide groups is 1. The average Bonchev–Trinajstić information content (AvgIpc) is 2.99. The largest absolute Gasteiger partial charge is 0.446 e. The lowest BCUT2D eigenvalue weighted by atomic mass is 10.0. The highest BCUT2D eigenvalue weighted by Gasteiger charge is 2.51.